The van der Waals surface area contributed by atoms with E-state index in [1.807, 2.05) is 6.08 Å². The number of esters is 1. The molecule has 0 radical (unpaired) electrons. The first-order chi connectivity index (χ1) is 12.9. The van der Waals surface area contributed by atoms with Crippen molar-refractivity contribution in [3.8, 4) is 0 Å². The van der Waals surface area contributed by atoms with Crippen LogP contribution in [0.3, 0.4) is 0 Å². The Morgan fingerprint density at radius 2 is 2.14 bits per heavy atom. The highest BCUT2D eigenvalue weighted by atomic mass is 32.2. The van der Waals surface area contributed by atoms with Gasteiger partial charge in [0, 0.05) is 18.3 Å². The maximum atomic E-state index is 12.8. The third-order valence-electron chi connectivity index (χ3n) is 8.25. The summed E-state index contributed by atoms with van der Waals surface area (Å²) in [7, 11) is -3.73. The minimum Gasteiger partial charge on any atom is -0.481 e. The van der Waals surface area contributed by atoms with Crippen molar-refractivity contribution in [1.82, 2.24) is 0 Å². The number of carboxylic acids is 1. The molecule has 4 bridgehead atoms. The Bertz CT molecular complexity index is 967. The second kappa shape index (κ2) is 4.90. The molecule has 1 spiro atoms. The van der Waals surface area contributed by atoms with E-state index >= 15 is 0 Å². The molecule has 3 saturated carbocycles. The summed E-state index contributed by atoms with van der Waals surface area (Å²) in [5.41, 5.74) is -2.95. The van der Waals surface area contributed by atoms with Gasteiger partial charge in [-0.1, -0.05) is 18.7 Å². The quantitative estimate of drug-likeness (QED) is 0.433. The Morgan fingerprint density at radius 3 is 2.79 bits per heavy atom. The van der Waals surface area contributed by atoms with Crippen LogP contribution in [0.5, 0.6) is 0 Å². The lowest BCUT2D eigenvalue weighted by atomic mass is 9.62. The van der Waals surface area contributed by atoms with Gasteiger partial charge in [0.25, 0.3) is 10.1 Å². The number of hydrogen-bond acceptors (Lipinski definition) is 6. The average Bonchev–Trinajstić information content (AvgIpc) is 2.95. The second-order valence-corrected chi connectivity index (χ2v) is 11.2. The van der Waals surface area contributed by atoms with Gasteiger partial charge in [0.1, 0.15) is 11.2 Å². The van der Waals surface area contributed by atoms with Crippen LogP contribution in [-0.2, 0) is 28.6 Å². The summed E-state index contributed by atoms with van der Waals surface area (Å²) in [6, 6.07) is 0. The van der Waals surface area contributed by atoms with Gasteiger partial charge >= 0.3 is 11.9 Å². The van der Waals surface area contributed by atoms with Crippen LogP contribution in [0.1, 0.15) is 39.0 Å². The molecule has 152 valence electrons. The fourth-order valence-electron chi connectivity index (χ4n) is 7.63. The SMILES string of the molecule is C=C1C[C@]23C[C@@]1(OS(C)(=O)=O)CC[C@H]2[C@@]12CC=C[C@@](C)(C(=O)O1)[C@H]2[C@@H]3C(=O)O. The molecule has 7 nitrogen and oxygen atoms in total. The summed E-state index contributed by atoms with van der Waals surface area (Å²) in [6.07, 6.45) is 6.92. The molecule has 8 heteroatoms. The fraction of sp³-hybridized carbons (Fsp3) is 0.700. The highest BCUT2D eigenvalue weighted by Gasteiger charge is 2.82. The third-order valence-corrected chi connectivity index (χ3v) is 8.87. The molecule has 0 aromatic carbocycles. The Morgan fingerprint density at radius 1 is 1.43 bits per heavy atom. The lowest BCUT2D eigenvalue weighted by molar-refractivity contribution is -0.161. The molecule has 0 unspecified atom stereocenters. The zero-order chi connectivity index (χ0) is 20.3. The first-order valence-electron chi connectivity index (χ1n) is 9.63. The van der Waals surface area contributed by atoms with Gasteiger partial charge in [-0.2, -0.15) is 8.42 Å². The smallest absolute Gasteiger partial charge is 0.316 e. The molecule has 0 aromatic rings. The first-order valence-corrected chi connectivity index (χ1v) is 11.4. The van der Waals surface area contributed by atoms with Crippen molar-refractivity contribution in [2.45, 2.75) is 50.2 Å². The van der Waals surface area contributed by atoms with Crippen molar-refractivity contribution in [2.24, 2.45) is 28.6 Å². The van der Waals surface area contributed by atoms with Crippen LogP contribution in [0.15, 0.2) is 24.3 Å². The molecule has 4 fully saturated rings. The van der Waals surface area contributed by atoms with Crippen molar-refractivity contribution < 1.29 is 32.0 Å². The second-order valence-electron chi connectivity index (χ2n) is 9.59. The largest absolute Gasteiger partial charge is 0.481 e. The lowest BCUT2D eigenvalue weighted by Crippen LogP contribution is -2.48. The number of rotatable bonds is 3. The summed E-state index contributed by atoms with van der Waals surface area (Å²) in [6.45, 7) is 5.88. The van der Waals surface area contributed by atoms with Crippen LogP contribution < -0.4 is 0 Å². The predicted octanol–water partition coefficient (Wildman–Crippen LogP) is 2.04. The van der Waals surface area contributed by atoms with Crippen LogP contribution >= 0.6 is 0 Å². The number of carbonyl (C=O) groups is 2. The van der Waals surface area contributed by atoms with E-state index in [0.29, 0.717) is 37.7 Å². The van der Waals surface area contributed by atoms with E-state index in [-0.39, 0.29) is 11.9 Å². The van der Waals surface area contributed by atoms with Gasteiger partial charge < -0.3 is 9.84 Å². The molecule has 0 amide bonds. The summed E-state index contributed by atoms with van der Waals surface area (Å²) in [4.78, 5) is 25.3. The van der Waals surface area contributed by atoms with Gasteiger partial charge in [-0.3, -0.25) is 13.8 Å². The van der Waals surface area contributed by atoms with Crippen molar-refractivity contribution in [1.29, 1.82) is 0 Å². The Hall–Kier alpha value is -1.67. The van der Waals surface area contributed by atoms with E-state index in [2.05, 4.69) is 6.58 Å². The molecule has 4 aliphatic carbocycles. The maximum Gasteiger partial charge on any atom is 0.316 e. The Kier molecular flexibility index (Phi) is 3.21. The van der Waals surface area contributed by atoms with Gasteiger partial charge in [-0.15, -0.1) is 0 Å². The zero-order valence-corrected chi connectivity index (χ0v) is 16.8. The highest BCUT2D eigenvalue weighted by Crippen LogP contribution is 2.78. The fourth-order valence-corrected chi connectivity index (χ4v) is 8.47. The van der Waals surface area contributed by atoms with Crippen LogP contribution in [0.4, 0.5) is 0 Å². The molecular weight excluding hydrogens is 384 g/mol. The van der Waals surface area contributed by atoms with Gasteiger partial charge in [0.15, 0.2) is 0 Å². The van der Waals surface area contributed by atoms with Crippen LogP contribution in [0.2, 0.25) is 0 Å². The predicted molar refractivity (Wildman–Crippen MR) is 97.5 cm³/mol. The molecule has 1 aliphatic heterocycles. The van der Waals surface area contributed by atoms with Crippen LogP contribution in [0, 0.1) is 28.6 Å². The molecule has 1 heterocycles. The van der Waals surface area contributed by atoms with Gasteiger partial charge in [0.05, 0.1) is 17.6 Å². The standard InChI is InChI=1S/C20H24O7S/c1-11-9-18-10-19(11,27-28(3,24)25)8-5-12(18)20-7-4-6-17(2,16(23)26-20)14(20)13(18)15(21)22/h4,6,12-14H,1,5,7-10H2,2-3H3,(H,21,22)/t12-,13-,14-,17-,18+,19+,20-/m1/s1. The van der Waals surface area contributed by atoms with Crippen molar-refractivity contribution in [2.75, 3.05) is 6.26 Å². The molecule has 7 atom stereocenters. The number of ether oxygens (including phenoxy) is 1. The Labute approximate surface area is 163 Å². The van der Waals surface area contributed by atoms with E-state index < -0.39 is 50.0 Å². The zero-order valence-electron chi connectivity index (χ0n) is 15.9. The monoisotopic (exact) mass is 408 g/mol. The average molecular weight is 408 g/mol. The van der Waals surface area contributed by atoms with Gasteiger partial charge in [-0.25, -0.2) is 0 Å². The number of carboxylic acid groups (broad SMARTS) is 1. The molecule has 1 saturated heterocycles. The van der Waals surface area contributed by atoms with Crippen LogP contribution in [0.25, 0.3) is 0 Å². The molecule has 5 aliphatic rings. The number of hydrogen-bond donors (Lipinski definition) is 1. The minimum atomic E-state index is -3.73. The summed E-state index contributed by atoms with van der Waals surface area (Å²) >= 11 is 0. The third kappa shape index (κ3) is 1.86. The number of aliphatic carboxylic acids is 1. The van der Waals surface area contributed by atoms with Crippen molar-refractivity contribution in [3.63, 3.8) is 0 Å². The topological polar surface area (TPSA) is 107 Å². The summed E-state index contributed by atoms with van der Waals surface area (Å²) in [5.74, 6) is -2.76. The summed E-state index contributed by atoms with van der Waals surface area (Å²) in [5, 5.41) is 10.3. The van der Waals surface area contributed by atoms with Crippen molar-refractivity contribution in [3.05, 3.63) is 24.3 Å². The number of carbonyl (C=O) groups excluding carboxylic acids is 1. The molecule has 5 rings (SSSR count). The molecule has 0 aromatic heterocycles. The van der Waals surface area contributed by atoms with E-state index in [9.17, 15) is 23.1 Å². The number of fused-ring (bicyclic) bond motifs is 1. The van der Waals surface area contributed by atoms with Gasteiger partial charge in [-0.05, 0) is 43.6 Å². The molecule has 28 heavy (non-hydrogen) atoms. The van der Waals surface area contributed by atoms with Crippen molar-refractivity contribution >= 4 is 22.1 Å². The first kappa shape index (κ1) is 18.4. The molecule has 1 N–H and O–H groups in total. The van der Waals surface area contributed by atoms with Crippen LogP contribution in [-0.4, -0.2) is 42.9 Å². The minimum absolute atomic E-state index is 0.155. The van der Waals surface area contributed by atoms with E-state index in [1.54, 1.807) is 13.0 Å². The highest BCUT2D eigenvalue weighted by molar-refractivity contribution is 7.86. The normalized spacial score (nSPS) is 51.0. The maximum absolute atomic E-state index is 12.8. The summed E-state index contributed by atoms with van der Waals surface area (Å²) < 4.78 is 35.4. The van der Waals surface area contributed by atoms with E-state index in [1.165, 1.54) is 0 Å². The Balaban J connectivity index is 1.70. The van der Waals surface area contributed by atoms with E-state index in [4.69, 9.17) is 8.92 Å². The van der Waals surface area contributed by atoms with Gasteiger partial charge in [0.2, 0.25) is 0 Å². The molecular formula is C20H24O7S. The lowest BCUT2D eigenvalue weighted by Gasteiger charge is -2.45. The van der Waals surface area contributed by atoms with E-state index in [0.717, 1.165) is 6.26 Å².